The highest BCUT2D eigenvalue weighted by atomic mass is 15.1. The van der Waals surface area contributed by atoms with Gasteiger partial charge in [-0.3, -0.25) is 0 Å². The Labute approximate surface area is 64.6 Å². The first-order chi connectivity index (χ1) is 4.48. The SMILES string of the molecule is CNC(C)(C)CCN(C)C. The molecule has 0 radical (unpaired) electrons. The van der Waals surface area contributed by atoms with Gasteiger partial charge >= 0.3 is 0 Å². The van der Waals surface area contributed by atoms with E-state index < -0.39 is 0 Å². The van der Waals surface area contributed by atoms with Crippen molar-refractivity contribution in [2.75, 3.05) is 27.7 Å². The van der Waals surface area contributed by atoms with Crippen LogP contribution in [-0.4, -0.2) is 38.1 Å². The minimum atomic E-state index is 0.282. The second kappa shape index (κ2) is 3.94. The Bertz CT molecular complexity index is 87.3. The first-order valence-electron chi connectivity index (χ1n) is 3.81. The summed E-state index contributed by atoms with van der Waals surface area (Å²) < 4.78 is 0. The van der Waals surface area contributed by atoms with Crippen LogP contribution >= 0.6 is 0 Å². The average Bonchev–Trinajstić information content (AvgIpc) is 1.85. The summed E-state index contributed by atoms with van der Waals surface area (Å²) >= 11 is 0. The van der Waals surface area contributed by atoms with Crippen LogP contribution in [0.3, 0.4) is 0 Å². The summed E-state index contributed by atoms with van der Waals surface area (Å²) in [6, 6.07) is 0. The minimum Gasteiger partial charge on any atom is -0.315 e. The van der Waals surface area contributed by atoms with Gasteiger partial charge in [0.05, 0.1) is 0 Å². The highest BCUT2D eigenvalue weighted by Gasteiger charge is 2.13. The highest BCUT2D eigenvalue weighted by Crippen LogP contribution is 2.06. The third-order valence-electron chi connectivity index (χ3n) is 1.86. The van der Waals surface area contributed by atoms with Crippen molar-refractivity contribution in [3.05, 3.63) is 0 Å². The van der Waals surface area contributed by atoms with Crippen molar-refractivity contribution in [1.29, 1.82) is 0 Å². The minimum absolute atomic E-state index is 0.282. The molecule has 0 heterocycles. The summed E-state index contributed by atoms with van der Waals surface area (Å²) in [5.74, 6) is 0. The average molecular weight is 144 g/mol. The monoisotopic (exact) mass is 144 g/mol. The summed E-state index contributed by atoms with van der Waals surface area (Å²) in [4.78, 5) is 2.21. The number of rotatable bonds is 4. The Morgan fingerprint density at radius 1 is 1.30 bits per heavy atom. The van der Waals surface area contributed by atoms with Gasteiger partial charge in [0.25, 0.3) is 0 Å². The fraction of sp³-hybridized carbons (Fsp3) is 1.00. The Morgan fingerprint density at radius 3 is 2.10 bits per heavy atom. The van der Waals surface area contributed by atoms with Crippen LogP contribution in [0.1, 0.15) is 20.3 Å². The van der Waals surface area contributed by atoms with Crippen molar-refractivity contribution in [2.24, 2.45) is 0 Å². The van der Waals surface area contributed by atoms with Crippen LogP contribution in [0.25, 0.3) is 0 Å². The van der Waals surface area contributed by atoms with Crippen LogP contribution in [0.4, 0.5) is 0 Å². The van der Waals surface area contributed by atoms with Crippen molar-refractivity contribution in [1.82, 2.24) is 10.2 Å². The lowest BCUT2D eigenvalue weighted by molar-refractivity contribution is 0.312. The molecule has 0 aliphatic heterocycles. The third kappa shape index (κ3) is 4.77. The maximum Gasteiger partial charge on any atom is 0.0134 e. The van der Waals surface area contributed by atoms with Gasteiger partial charge < -0.3 is 10.2 Å². The van der Waals surface area contributed by atoms with Crippen LogP contribution in [0, 0.1) is 0 Å². The van der Waals surface area contributed by atoms with Gasteiger partial charge in [-0.1, -0.05) is 0 Å². The van der Waals surface area contributed by atoms with Gasteiger partial charge in [-0.05, 0) is 48.0 Å². The molecular weight excluding hydrogens is 124 g/mol. The van der Waals surface area contributed by atoms with Gasteiger partial charge in [-0.2, -0.15) is 0 Å². The predicted octanol–water partition coefficient (Wildman–Crippen LogP) is 0.936. The molecule has 0 aromatic rings. The molecule has 0 saturated heterocycles. The van der Waals surface area contributed by atoms with E-state index in [2.05, 4.69) is 38.2 Å². The van der Waals surface area contributed by atoms with Crippen molar-refractivity contribution in [2.45, 2.75) is 25.8 Å². The summed E-state index contributed by atoms with van der Waals surface area (Å²) in [5, 5.41) is 3.27. The fourth-order valence-electron chi connectivity index (χ4n) is 0.628. The Kier molecular flexibility index (Phi) is 3.91. The summed E-state index contributed by atoms with van der Waals surface area (Å²) in [5.41, 5.74) is 0.282. The third-order valence-corrected chi connectivity index (χ3v) is 1.86. The molecule has 0 amide bonds. The van der Waals surface area contributed by atoms with Crippen LogP contribution in [0.5, 0.6) is 0 Å². The van der Waals surface area contributed by atoms with Crippen molar-refractivity contribution in [3.8, 4) is 0 Å². The quantitative estimate of drug-likeness (QED) is 0.631. The van der Waals surface area contributed by atoms with Crippen LogP contribution in [0.2, 0.25) is 0 Å². The molecule has 0 spiro atoms. The number of nitrogens with zero attached hydrogens (tertiary/aromatic N) is 1. The number of hydrogen-bond donors (Lipinski definition) is 1. The summed E-state index contributed by atoms with van der Waals surface area (Å²) in [7, 11) is 6.22. The molecule has 0 fully saturated rings. The molecule has 0 aromatic heterocycles. The molecule has 62 valence electrons. The van der Waals surface area contributed by atoms with Gasteiger partial charge in [-0.15, -0.1) is 0 Å². The van der Waals surface area contributed by atoms with Gasteiger partial charge in [0.1, 0.15) is 0 Å². The largest absolute Gasteiger partial charge is 0.315 e. The van der Waals surface area contributed by atoms with E-state index in [1.54, 1.807) is 0 Å². The van der Waals surface area contributed by atoms with E-state index in [0.29, 0.717) is 0 Å². The van der Waals surface area contributed by atoms with Gasteiger partial charge in [0.15, 0.2) is 0 Å². The summed E-state index contributed by atoms with van der Waals surface area (Å²) in [6.45, 7) is 5.58. The van der Waals surface area contributed by atoms with E-state index in [4.69, 9.17) is 0 Å². The standard InChI is InChI=1S/C8H20N2/c1-8(2,9-3)6-7-10(4)5/h9H,6-7H2,1-5H3. The van der Waals surface area contributed by atoms with Crippen LogP contribution in [0.15, 0.2) is 0 Å². The molecule has 2 nitrogen and oxygen atoms in total. The number of hydrogen-bond acceptors (Lipinski definition) is 2. The lowest BCUT2D eigenvalue weighted by atomic mass is 10.0. The molecule has 10 heavy (non-hydrogen) atoms. The van der Waals surface area contributed by atoms with E-state index in [0.717, 1.165) is 6.54 Å². The van der Waals surface area contributed by atoms with Gasteiger partial charge in [0.2, 0.25) is 0 Å². The maximum absolute atomic E-state index is 3.27. The van der Waals surface area contributed by atoms with E-state index in [9.17, 15) is 0 Å². The van der Waals surface area contributed by atoms with E-state index in [1.807, 2.05) is 7.05 Å². The Morgan fingerprint density at radius 2 is 1.80 bits per heavy atom. The second-order valence-corrected chi connectivity index (χ2v) is 3.69. The lowest BCUT2D eigenvalue weighted by Gasteiger charge is -2.25. The number of nitrogens with one attached hydrogen (secondary N) is 1. The second-order valence-electron chi connectivity index (χ2n) is 3.69. The molecule has 0 rings (SSSR count). The zero-order valence-corrected chi connectivity index (χ0v) is 7.86. The van der Waals surface area contributed by atoms with E-state index in [-0.39, 0.29) is 5.54 Å². The van der Waals surface area contributed by atoms with E-state index in [1.165, 1.54) is 6.42 Å². The maximum atomic E-state index is 3.27. The zero-order valence-electron chi connectivity index (χ0n) is 7.86. The lowest BCUT2D eigenvalue weighted by Crippen LogP contribution is -2.38. The van der Waals surface area contributed by atoms with Crippen LogP contribution in [-0.2, 0) is 0 Å². The van der Waals surface area contributed by atoms with Crippen molar-refractivity contribution < 1.29 is 0 Å². The zero-order chi connectivity index (χ0) is 8.20. The highest BCUT2D eigenvalue weighted by molar-refractivity contribution is 4.75. The predicted molar refractivity (Wildman–Crippen MR) is 46.3 cm³/mol. The molecule has 0 atom stereocenters. The molecule has 0 aliphatic carbocycles. The van der Waals surface area contributed by atoms with E-state index >= 15 is 0 Å². The van der Waals surface area contributed by atoms with Crippen LogP contribution < -0.4 is 5.32 Å². The van der Waals surface area contributed by atoms with Crippen molar-refractivity contribution in [3.63, 3.8) is 0 Å². The Balaban J connectivity index is 3.46. The normalized spacial score (nSPS) is 12.6. The topological polar surface area (TPSA) is 15.3 Å². The molecule has 0 unspecified atom stereocenters. The smallest absolute Gasteiger partial charge is 0.0134 e. The first kappa shape index (κ1) is 9.92. The molecule has 0 bridgehead atoms. The molecule has 1 N–H and O–H groups in total. The van der Waals surface area contributed by atoms with Crippen molar-refractivity contribution >= 4 is 0 Å². The molecule has 2 heteroatoms. The summed E-state index contributed by atoms with van der Waals surface area (Å²) in [6.07, 6.45) is 1.19. The fourth-order valence-corrected chi connectivity index (χ4v) is 0.628. The Hall–Kier alpha value is -0.0800. The molecular formula is C8H20N2. The molecule has 0 saturated carbocycles. The van der Waals surface area contributed by atoms with Gasteiger partial charge in [-0.25, -0.2) is 0 Å². The van der Waals surface area contributed by atoms with Gasteiger partial charge in [0, 0.05) is 5.54 Å². The first-order valence-corrected chi connectivity index (χ1v) is 3.81. The molecule has 0 aliphatic rings. The molecule has 0 aromatic carbocycles.